The summed E-state index contributed by atoms with van der Waals surface area (Å²) in [7, 11) is 0. The molecule has 16 heavy (non-hydrogen) atoms. The predicted molar refractivity (Wildman–Crippen MR) is 64.3 cm³/mol. The summed E-state index contributed by atoms with van der Waals surface area (Å²) in [5, 5.41) is 7.73. The molecule has 1 saturated carbocycles. The molecule has 1 aromatic heterocycles. The molecule has 3 heteroatoms. The molecule has 1 unspecified atom stereocenters. The minimum Gasteiger partial charge on any atom is -0.361 e. The average Bonchev–Trinajstić information content (AvgIpc) is 3.07. The monoisotopic (exact) mass is 222 g/mol. The van der Waals surface area contributed by atoms with Crippen molar-refractivity contribution in [1.29, 1.82) is 0 Å². The van der Waals surface area contributed by atoms with Crippen LogP contribution in [0.2, 0.25) is 0 Å². The van der Waals surface area contributed by atoms with E-state index in [4.69, 9.17) is 4.52 Å². The van der Waals surface area contributed by atoms with E-state index in [1.165, 1.54) is 18.4 Å². The van der Waals surface area contributed by atoms with Crippen molar-refractivity contribution in [2.75, 3.05) is 0 Å². The van der Waals surface area contributed by atoms with E-state index in [1.54, 1.807) is 0 Å². The third-order valence-electron chi connectivity index (χ3n) is 3.54. The summed E-state index contributed by atoms with van der Waals surface area (Å²) in [6, 6.07) is 0.629. The highest BCUT2D eigenvalue weighted by Crippen LogP contribution is 2.32. The normalized spacial score (nSPS) is 17.7. The Labute approximate surface area is 97.6 Å². The summed E-state index contributed by atoms with van der Waals surface area (Å²) in [5.74, 6) is 1.95. The molecule has 1 heterocycles. The molecule has 0 amide bonds. The van der Waals surface area contributed by atoms with Crippen LogP contribution < -0.4 is 5.32 Å². The van der Waals surface area contributed by atoms with Crippen molar-refractivity contribution < 1.29 is 4.52 Å². The zero-order valence-electron chi connectivity index (χ0n) is 10.5. The van der Waals surface area contributed by atoms with Crippen LogP contribution in [-0.2, 0) is 19.4 Å². The number of hydrogen-bond donors (Lipinski definition) is 1. The van der Waals surface area contributed by atoms with Gasteiger partial charge in [0.1, 0.15) is 5.76 Å². The van der Waals surface area contributed by atoms with Gasteiger partial charge in [0.25, 0.3) is 0 Å². The quantitative estimate of drug-likeness (QED) is 0.804. The summed E-state index contributed by atoms with van der Waals surface area (Å²) in [6.07, 6.45) is 4.66. The van der Waals surface area contributed by atoms with Gasteiger partial charge in [-0.15, -0.1) is 0 Å². The van der Waals surface area contributed by atoms with Gasteiger partial charge in [-0.05, 0) is 32.1 Å². The zero-order valence-corrected chi connectivity index (χ0v) is 10.5. The lowest BCUT2D eigenvalue weighted by Gasteiger charge is -2.12. The van der Waals surface area contributed by atoms with Crippen LogP contribution >= 0.6 is 0 Å². The van der Waals surface area contributed by atoms with Crippen molar-refractivity contribution in [3.05, 3.63) is 17.0 Å². The number of rotatable bonds is 6. The first-order valence-corrected chi connectivity index (χ1v) is 6.45. The Kier molecular flexibility index (Phi) is 3.64. The van der Waals surface area contributed by atoms with Crippen molar-refractivity contribution in [3.63, 3.8) is 0 Å². The number of nitrogens with zero attached hydrogens (tertiary/aromatic N) is 1. The molecule has 3 nitrogen and oxygen atoms in total. The van der Waals surface area contributed by atoms with Gasteiger partial charge < -0.3 is 9.84 Å². The van der Waals surface area contributed by atoms with E-state index in [9.17, 15) is 0 Å². The van der Waals surface area contributed by atoms with E-state index in [1.807, 2.05) is 0 Å². The fourth-order valence-electron chi connectivity index (χ4n) is 2.16. The van der Waals surface area contributed by atoms with Gasteiger partial charge in [-0.3, -0.25) is 0 Å². The molecule has 0 aromatic carbocycles. The van der Waals surface area contributed by atoms with Crippen LogP contribution in [0, 0.1) is 5.92 Å². The second-order valence-corrected chi connectivity index (χ2v) is 4.75. The largest absolute Gasteiger partial charge is 0.361 e. The fraction of sp³-hybridized carbons (Fsp3) is 0.769. The number of aryl methyl sites for hydroxylation is 2. The molecule has 0 spiro atoms. The molecule has 0 aliphatic heterocycles. The Morgan fingerprint density at radius 2 is 2.12 bits per heavy atom. The van der Waals surface area contributed by atoms with Crippen LogP contribution in [-0.4, -0.2) is 11.2 Å². The van der Waals surface area contributed by atoms with Crippen molar-refractivity contribution >= 4 is 0 Å². The first-order chi connectivity index (χ1) is 7.76. The summed E-state index contributed by atoms with van der Waals surface area (Å²) >= 11 is 0. The molecular formula is C13H22N2O. The highest BCUT2D eigenvalue weighted by molar-refractivity contribution is 5.23. The Balaban J connectivity index is 1.97. The third-order valence-corrected chi connectivity index (χ3v) is 3.54. The lowest BCUT2D eigenvalue weighted by molar-refractivity contribution is 0.379. The molecule has 0 bridgehead atoms. The molecular weight excluding hydrogens is 200 g/mol. The number of aromatic nitrogens is 1. The van der Waals surface area contributed by atoms with Gasteiger partial charge >= 0.3 is 0 Å². The summed E-state index contributed by atoms with van der Waals surface area (Å²) < 4.78 is 5.35. The lowest BCUT2D eigenvalue weighted by Crippen LogP contribution is -2.27. The van der Waals surface area contributed by atoms with Crippen LogP contribution in [0.15, 0.2) is 4.52 Å². The number of hydrogen-bond acceptors (Lipinski definition) is 3. The van der Waals surface area contributed by atoms with Gasteiger partial charge in [-0.25, -0.2) is 0 Å². The molecule has 1 N–H and O–H groups in total. The van der Waals surface area contributed by atoms with Crippen LogP contribution in [0.4, 0.5) is 0 Å². The molecule has 2 rings (SSSR count). The maximum Gasteiger partial charge on any atom is 0.141 e. The van der Waals surface area contributed by atoms with Gasteiger partial charge in [0, 0.05) is 24.6 Å². The minimum absolute atomic E-state index is 0.629. The Morgan fingerprint density at radius 1 is 1.38 bits per heavy atom. The second-order valence-electron chi connectivity index (χ2n) is 4.75. The van der Waals surface area contributed by atoms with Crippen LogP contribution in [0.3, 0.4) is 0 Å². The van der Waals surface area contributed by atoms with Crippen molar-refractivity contribution in [1.82, 2.24) is 10.5 Å². The van der Waals surface area contributed by atoms with Gasteiger partial charge in [0.15, 0.2) is 0 Å². The highest BCUT2D eigenvalue weighted by atomic mass is 16.5. The maximum atomic E-state index is 5.35. The van der Waals surface area contributed by atoms with Gasteiger partial charge in [-0.2, -0.15) is 0 Å². The van der Waals surface area contributed by atoms with Crippen LogP contribution in [0.5, 0.6) is 0 Å². The Bertz CT molecular complexity index is 320. The Hall–Kier alpha value is -0.830. The first kappa shape index (κ1) is 11.6. The number of nitrogens with one attached hydrogen (secondary N) is 1. The predicted octanol–water partition coefficient (Wildman–Crippen LogP) is 2.69. The van der Waals surface area contributed by atoms with E-state index < -0.39 is 0 Å². The van der Waals surface area contributed by atoms with E-state index in [-0.39, 0.29) is 0 Å². The first-order valence-electron chi connectivity index (χ1n) is 6.45. The molecule has 1 aromatic rings. The molecule has 1 aliphatic carbocycles. The van der Waals surface area contributed by atoms with Gasteiger partial charge in [0.2, 0.25) is 0 Å². The zero-order chi connectivity index (χ0) is 11.5. The molecule has 1 fully saturated rings. The molecule has 1 atom stereocenters. The van der Waals surface area contributed by atoms with Crippen molar-refractivity contribution in [2.45, 2.75) is 59.0 Å². The smallest absolute Gasteiger partial charge is 0.141 e. The summed E-state index contributed by atoms with van der Waals surface area (Å²) in [4.78, 5) is 0. The third kappa shape index (κ3) is 2.46. The SMILES string of the molecule is CCc1noc(CC)c1CNC(C)C1CC1. The van der Waals surface area contributed by atoms with Crippen molar-refractivity contribution in [2.24, 2.45) is 5.92 Å². The minimum atomic E-state index is 0.629. The van der Waals surface area contributed by atoms with Crippen molar-refractivity contribution in [3.8, 4) is 0 Å². The van der Waals surface area contributed by atoms with Gasteiger partial charge in [-0.1, -0.05) is 19.0 Å². The fourth-order valence-corrected chi connectivity index (χ4v) is 2.16. The van der Waals surface area contributed by atoms with Crippen LogP contribution in [0.1, 0.15) is 50.6 Å². The molecule has 0 saturated heterocycles. The molecule has 0 radical (unpaired) electrons. The van der Waals surface area contributed by atoms with E-state index in [0.717, 1.165) is 36.8 Å². The molecule has 90 valence electrons. The van der Waals surface area contributed by atoms with Crippen LogP contribution in [0.25, 0.3) is 0 Å². The maximum absolute atomic E-state index is 5.35. The van der Waals surface area contributed by atoms with E-state index >= 15 is 0 Å². The topological polar surface area (TPSA) is 38.1 Å². The van der Waals surface area contributed by atoms with E-state index in [0.29, 0.717) is 6.04 Å². The standard InChI is InChI=1S/C13H22N2O/c1-4-12-11(13(5-2)16-15-12)8-14-9(3)10-6-7-10/h9-10,14H,4-8H2,1-3H3. The average molecular weight is 222 g/mol. The summed E-state index contributed by atoms with van der Waals surface area (Å²) in [6.45, 7) is 7.44. The summed E-state index contributed by atoms with van der Waals surface area (Å²) in [5.41, 5.74) is 2.41. The van der Waals surface area contributed by atoms with Gasteiger partial charge in [0.05, 0.1) is 5.69 Å². The van der Waals surface area contributed by atoms with E-state index in [2.05, 4.69) is 31.2 Å². The highest BCUT2D eigenvalue weighted by Gasteiger charge is 2.27. The Morgan fingerprint density at radius 3 is 2.69 bits per heavy atom. The molecule has 1 aliphatic rings. The second kappa shape index (κ2) is 5.00. The lowest BCUT2D eigenvalue weighted by atomic mass is 10.1.